The summed E-state index contributed by atoms with van der Waals surface area (Å²) in [6, 6.07) is 0. The number of nitrogens with zero attached hydrogens (tertiary/aromatic N) is 1. The Morgan fingerprint density at radius 3 is 2.36 bits per heavy atom. The molecule has 0 aromatic carbocycles. The van der Waals surface area contributed by atoms with Gasteiger partial charge in [-0.2, -0.15) is 0 Å². The van der Waals surface area contributed by atoms with Crippen LogP contribution in [0.1, 0.15) is 13.3 Å². The molecule has 0 heterocycles. The van der Waals surface area contributed by atoms with Gasteiger partial charge in [0.05, 0.1) is 0 Å². The second kappa shape index (κ2) is 2.97. The standard InChI is InChI=1S/C10H9NO3/c1-5(12)8-6-2-3-7(4-6)9(8)10(13)11-14/h2-3,6-7H,4H2,1H3. The Labute approximate surface area is 80.7 Å². The lowest BCUT2D eigenvalue weighted by atomic mass is 9.94. The number of carbonyl (C=O) groups excluding carboxylic acids is 2. The fourth-order valence-corrected chi connectivity index (χ4v) is 2.30. The van der Waals surface area contributed by atoms with Crippen molar-refractivity contribution in [2.45, 2.75) is 13.3 Å². The summed E-state index contributed by atoms with van der Waals surface area (Å²) in [7, 11) is 0. The molecular formula is C10H9NO3. The van der Waals surface area contributed by atoms with Gasteiger partial charge in [-0.3, -0.25) is 9.59 Å². The summed E-state index contributed by atoms with van der Waals surface area (Å²) in [5, 5.41) is 2.39. The first-order valence-corrected chi connectivity index (χ1v) is 4.46. The largest absolute Gasteiger partial charge is 0.313 e. The van der Waals surface area contributed by atoms with Crippen molar-refractivity contribution in [3.8, 4) is 0 Å². The van der Waals surface area contributed by atoms with Crippen LogP contribution in [-0.4, -0.2) is 11.7 Å². The van der Waals surface area contributed by atoms with Crippen LogP contribution in [0.4, 0.5) is 0 Å². The van der Waals surface area contributed by atoms with Gasteiger partial charge in [-0.15, -0.1) is 4.91 Å². The van der Waals surface area contributed by atoms with Gasteiger partial charge in [0.1, 0.15) is 0 Å². The maximum Gasteiger partial charge on any atom is 0.313 e. The predicted octanol–water partition coefficient (Wildman–Crippen LogP) is 1.37. The van der Waals surface area contributed by atoms with Gasteiger partial charge in [0, 0.05) is 28.2 Å². The SMILES string of the molecule is CC(=O)C1=C(C(=O)N=O)C2C=CC1C2. The number of fused-ring (bicyclic) bond motifs is 2. The third-order valence-electron chi connectivity index (χ3n) is 2.81. The Bertz CT molecular complexity index is 392. The normalized spacial score (nSPS) is 28.4. The minimum Gasteiger partial charge on any atom is -0.295 e. The van der Waals surface area contributed by atoms with Crippen molar-refractivity contribution in [2.24, 2.45) is 17.0 Å². The molecule has 0 aliphatic heterocycles. The molecule has 14 heavy (non-hydrogen) atoms. The molecule has 0 spiro atoms. The van der Waals surface area contributed by atoms with E-state index in [9.17, 15) is 14.5 Å². The minimum absolute atomic E-state index is 0.0261. The first-order chi connectivity index (χ1) is 6.65. The number of carbonyl (C=O) groups is 2. The highest BCUT2D eigenvalue weighted by atomic mass is 16.3. The lowest BCUT2D eigenvalue weighted by Crippen LogP contribution is -2.12. The highest BCUT2D eigenvalue weighted by molar-refractivity contribution is 6.07. The molecule has 0 aromatic rings. The van der Waals surface area contributed by atoms with Gasteiger partial charge in [0.15, 0.2) is 5.78 Å². The number of rotatable bonds is 2. The van der Waals surface area contributed by atoms with Crippen molar-refractivity contribution in [1.29, 1.82) is 0 Å². The van der Waals surface area contributed by atoms with Crippen molar-refractivity contribution >= 4 is 11.7 Å². The van der Waals surface area contributed by atoms with Crippen LogP contribution in [0.5, 0.6) is 0 Å². The van der Waals surface area contributed by atoms with Crippen LogP contribution in [0.15, 0.2) is 28.5 Å². The minimum atomic E-state index is -0.785. The van der Waals surface area contributed by atoms with Gasteiger partial charge in [0.2, 0.25) is 0 Å². The van der Waals surface area contributed by atoms with Gasteiger partial charge in [-0.25, -0.2) is 0 Å². The summed E-state index contributed by atoms with van der Waals surface area (Å²) in [6.07, 6.45) is 4.53. The quantitative estimate of drug-likeness (QED) is 0.489. The number of amides is 1. The van der Waals surface area contributed by atoms with E-state index in [1.54, 1.807) is 0 Å². The Morgan fingerprint density at radius 1 is 1.29 bits per heavy atom. The fraction of sp³-hybridized carbons (Fsp3) is 0.400. The Balaban J connectivity index is 2.48. The van der Waals surface area contributed by atoms with Crippen LogP contribution in [0.2, 0.25) is 0 Å². The van der Waals surface area contributed by atoms with E-state index in [1.165, 1.54) is 6.92 Å². The molecule has 0 aromatic heterocycles. The Kier molecular flexibility index (Phi) is 1.91. The second-order valence-electron chi connectivity index (χ2n) is 3.61. The van der Waals surface area contributed by atoms with Gasteiger partial charge in [0.25, 0.3) is 0 Å². The zero-order valence-corrected chi connectivity index (χ0v) is 7.69. The summed E-state index contributed by atoms with van der Waals surface area (Å²) in [6.45, 7) is 1.42. The molecular weight excluding hydrogens is 182 g/mol. The fourth-order valence-electron chi connectivity index (χ4n) is 2.30. The predicted molar refractivity (Wildman–Crippen MR) is 49.2 cm³/mol. The van der Waals surface area contributed by atoms with Crippen LogP contribution in [0.25, 0.3) is 0 Å². The van der Waals surface area contributed by atoms with Gasteiger partial charge >= 0.3 is 5.91 Å². The number of ketones is 1. The molecule has 1 amide bonds. The van der Waals surface area contributed by atoms with Crippen LogP contribution in [-0.2, 0) is 9.59 Å². The molecule has 2 rings (SSSR count). The maximum absolute atomic E-state index is 11.3. The zero-order valence-electron chi connectivity index (χ0n) is 7.69. The summed E-state index contributed by atoms with van der Waals surface area (Å²) < 4.78 is 0. The van der Waals surface area contributed by atoms with Crippen LogP contribution < -0.4 is 0 Å². The van der Waals surface area contributed by atoms with E-state index in [-0.39, 0.29) is 17.6 Å². The summed E-state index contributed by atoms with van der Waals surface area (Å²) in [4.78, 5) is 32.6. The van der Waals surface area contributed by atoms with E-state index in [4.69, 9.17) is 0 Å². The highest BCUT2D eigenvalue weighted by Crippen LogP contribution is 2.44. The molecule has 0 saturated carbocycles. The smallest absolute Gasteiger partial charge is 0.295 e. The summed E-state index contributed by atoms with van der Waals surface area (Å²) in [5.74, 6) is -0.955. The molecule has 2 atom stereocenters. The molecule has 0 fully saturated rings. The van der Waals surface area contributed by atoms with Crippen molar-refractivity contribution in [3.05, 3.63) is 28.2 Å². The molecule has 4 heteroatoms. The van der Waals surface area contributed by atoms with E-state index in [0.717, 1.165) is 6.42 Å². The van der Waals surface area contributed by atoms with Gasteiger partial charge < -0.3 is 0 Å². The van der Waals surface area contributed by atoms with Crippen molar-refractivity contribution < 1.29 is 9.59 Å². The maximum atomic E-state index is 11.3. The number of hydrogen-bond acceptors (Lipinski definition) is 3. The van der Waals surface area contributed by atoms with E-state index in [1.807, 2.05) is 12.2 Å². The monoisotopic (exact) mass is 191 g/mol. The zero-order chi connectivity index (χ0) is 10.3. The molecule has 0 N–H and O–H groups in total. The molecule has 2 unspecified atom stereocenters. The number of allylic oxidation sites excluding steroid dienone is 3. The lowest BCUT2D eigenvalue weighted by molar-refractivity contribution is -0.116. The molecule has 0 saturated heterocycles. The van der Waals surface area contributed by atoms with Crippen molar-refractivity contribution in [3.63, 3.8) is 0 Å². The molecule has 2 bridgehead atoms. The third-order valence-corrected chi connectivity index (χ3v) is 2.81. The van der Waals surface area contributed by atoms with Crippen LogP contribution >= 0.6 is 0 Å². The molecule has 4 nitrogen and oxygen atoms in total. The van der Waals surface area contributed by atoms with Crippen molar-refractivity contribution in [1.82, 2.24) is 0 Å². The Hall–Kier alpha value is -1.58. The average molecular weight is 191 g/mol. The first kappa shape index (κ1) is 8.99. The first-order valence-electron chi connectivity index (χ1n) is 4.46. The third kappa shape index (κ3) is 1.07. The summed E-state index contributed by atoms with van der Waals surface area (Å²) >= 11 is 0. The number of Topliss-reactive ketones (excluding diaryl/α,β-unsaturated/α-hetero) is 1. The molecule has 2 aliphatic carbocycles. The van der Waals surface area contributed by atoms with E-state index >= 15 is 0 Å². The van der Waals surface area contributed by atoms with Crippen LogP contribution in [0.3, 0.4) is 0 Å². The van der Waals surface area contributed by atoms with E-state index in [0.29, 0.717) is 11.1 Å². The molecule has 72 valence electrons. The number of nitroso groups, excluding NO2 is 1. The van der Waals surface area contributed by atoms with Gasteiger partial charge in [-0.1, -0.05) is 12.2 Å². The highest BCUT2D eigenvalue weighted by Gasteiger charge is 2.40. The van der Waals surface area contributed by atoms with E-state index in [2.05, 4.69) is 5.18 Å². The number of hydrogen-bond donors (Lipinski definition) is 0. The molecule has 2 aliphatic rings. The van der Waals surface area contributed by atoms with Crippen LogP contribution in [0, 0.1) is 16.7 Å². The lowest BCUT2D eigenvalue weighted by Gasteiger charge is -2.09. The summed E-state index contributed by atoms with van der Waals surface area (Å²) in [5.41, 5.74) is 0.808. The Morgan fingerprint density at radius 2 is 1.86 bits per heavy atom. The van der Waals surface area contributed by atoms with Crippen molar-refractivity contribution in [2.75, 3.05) is 0 Å². The second-order valence-corrected chi connectivity index (χ2v) is 3.61. The average Bonchev–Trinajstić information content (AvgIpc) is 2.74. The van der Waals surface area contributed by atoms with E-state index < -0.39 is 5.91 Å². The van der Waals surface area contributed by atoms with Gasteiger partial charge in [-0.05, 0) is 13.3 Å². The topological polar surface area (TPSA) is 63.6 Å². The molecule has 0 radical (unpaired) electrons.